The number of aromatic nitrogens is 2. The van der Waals surface area contributed by atoms with E-state index in [9.17, 15) is 13.2 Å². The maximum Gasteiger partial charge on any atom is 0.451 e. The molecule has 1 atom stereocenters. The number of alkyl halides is 3. The molecule has 0 aromatic carbocycles. The van der Waals surface area contributed by atoms with Gasteiger partial charge >= 0.3 is 6.18 Å². The Morgan fingerprint density at radius 2 is 2.24 bits per heavy atom. The van der Waals surface area contributed by atoms with Crippen LogP contribution in [0.25, 0.3) is 0 Å². The molecule has 1 aliphatic heterocycles. The zero-order chi connectivity index (χ0) is 15.5. The summed E-state index contributed by atoms with van der Waals surface area (Å²) < 4.78 is 43.7. The minimum atomic E-state index is -4.61. The molecular formula is C12H18F3N5O. The molecule has 1 saturated heterocycles. The summed E-state index contributed by atoms with van der Waals surface area (Å²) in [6.07, 6.45) is -2.66. The number of halogens is 3. The summed E-state index contributed by atoms with van der Waals surface area (Å²) >= 11 is 0. The van der Waals surface area contributed by atoms with E-state index in [2.05, 4.69) is 15.4 Å². The Balaban J connectivity index is 2.17. The molecule has 1 aliphatic rings. The summed E-state index contributed by atoms with van der Waals surface area (Å²) in [4.78, 5) is 8.56. The highest BCUT2D eigenvalue weighted by atomic mass is 19.4. The van der Waals surface area contributed by atoms with E-state index in [0.717, 1.165) is 19.4 Å². The van der Waals surface area contributed by atoms with Crippen molar-refractivity contribution in [2.45, 2.75) is 19.0 Å². The number of nitrogens with one attached hydrogen (secondary N) is 1. The van der Waals surface area contributed by atoms with Crippen molar-refractivity contribution in [3.05, 3.63) is 11.9 Å². The topological polar surface area (TPSA) is 76.3 Å². The summed E-state index contributed by atoms with van der Waals surface area (Å²) in [6.45, 7) is 1.93. The van der Waals surface area contributed by atoms with Crippen LogP contribution < -0.4 is 16.2 Å². The van der Waals surface area contributed by atoms with Crippen molar-refractivity contribution >= 4 is 11.6 Å². The van der Waals surface area contributed by atoms with E-state index >= 15 is 0 Å². The monoisotopic (exact) mass is 305 g/mol. The molecule has 0 amide bonds. The lowest BCUT2D eigenvalue weighted by Crippen LogP contribution is -2.32. The highest BCUT2D eigenvalue weighted by molar-refractivity contribution is 5.48. The third-order valence-electron chi connectivity index (χ3n) is 3.29. The van der Waals surface area contributed by atoms with E-state index in [4.69, 9.17) is 10.6 Å². The first-order valence-electron chi connectivity index (χ1n) is 6.62. The third kappa shape index (κ3) is 4.18. The first-order chi connectivity index (χ1) is 9.90. The largest absolute Gasteiger partial charge is 0.451 e. The summed E-state index contributed by atoms with van der Waals surface area (Å²) in [7, 11) is 1.69. The van der Waals surface area contributed by atoms with Crippen molar-refractivity contribution in [3.63, 3.8) is 0 Å². The zero-order valence-corrected chi connectivity index (χ0v) is 11.7. The van der Waals surface area contributed by atoms with E-state index in [1.54, 1.807) is 11.9 Å². The van der Waals surface area contributed by atoms with Crippen molar-refractivity contribution < 1.29 is 17.9 Å². The van der Waals surface area contributed by atoms with Crippen molar-refractivity contribution in [2.75, 3.05) is 37.1 Å². The van der Waals surface area contributed by atoms with Crippen LogP contribution in [0.3, 0.4) is 0 Å². The Kier molecular flexibility index (Phi) is 4.84. The lowest BCUT2D eigenvalue weighted by Gasteiger charge is -2.28. The zero-order valence-electron chi connectivity index (χ0n) is 11.7. The second-order valence-electron chi connectivity index (χ2n) is 5.04. The second kappa shape index (κ2) is 6.44. The van der Waals surface area contributed by atoms with Crippen molar-refractivity contribution in [1.82, 2.24) is 9.97 Å². The van der Waals surface area contributed by atoms with Crippen LogP contribution in [-0.2, 0) is 10.9 Å². The van der Waals surface area contributed by atoms with Crippen LogP contribution in [-0.4, -0.2) is 36.8 Å². The SMILES string of the molecule is CN(CC1CCCOC1)c1cc(NN)nc(C(F)(F)F)n1. The number of nitrogen functional groups attached to an aromatic ring is 1. The van der Waals surface area contributed by atoms with Crippen LogP contribution in [0.1, 0.15) is 18.7 Å². The smallest absolute Gasteiger partial charge is 0.381 e. The van der Waals surface area contributed by atoms with E-state index in [0.29, 0.717) is 13.2 Å². The number of hydrogen-bond acceptors (Lipinski definition) is 6. The van der Waals surface area contributed by atoms with Gasteiger partial charge in [-0.3, -0.25) is 0 Å². The number of ether oxygens (including phenoxy) is 1. The van der Waals surface area contributed by atoms with Crippen LogP contribution in [0.15, 0.2) is 6.07 Å². The number of nitrogens with two attached hydrogens (primary N) is 1. The van der Waals surface area contributed by atoms with Gasteiger partial charge < -0.3 is 15.1 Å². The van der Waals surface area contributed by atoms with Gasteiger partial charge in [-0.15, -0.1) is 0 Å². The van der Waals surface area contributed by atoms with E-state index < -0.39 is 12.0 Å². The third-order valence-corrected chi connectivity index (χ3v) is 3.29. The molecule has 6 nitrogen and oxygen atoms in total. The molecule has 1 aromatic heterocycles. The van der Waals surface area contributed by atoms with Gasteiger partial charge in [0.05, 0.1) is 6.61 Å². The van der Waals surface area contributed by atoms with Crippen LogP contribution >= 0.6 is 0 Å². The molecule has 21 heavy (non-hydrogen) atoms. The molecule has 2 heterocycles. The molecule has 9 heteroatoms. The molecule has 0 saturated carbocycles. The fourth-order valence-electron chi connectivity index (χ4n) is 2.26. The first-order valence-corrected chi connectivity index (χ1v) is 6.62. The molecule has 0 radical (unpaired) electrons. The van der Waals surface area contributed by atoms with Crippen LogP contribution in [0.4, 0.5) is 24.8 Å². The normalized spacial score (nSPS) is 19.4. The summed E-state index contributed by atoms with van der Waals surface area (Å²) in [6, 6.07) is 1.39. The molecule has 3 N–H and O–H groups in total. The number of nitrogens with zero attached hydrogens (tertiary/aromatic N) is 3. The average Bonchev–Trinajstić information content (AvgIpc) is 2.46. The lowest BCUT2D eigenvalue weighted by molar-refractivity contribution is -0.144. The first kappa shape index (κ1) is 15.8. The van der Waals surface area contributed by atoms with Gasteiger partial charge in [0, 0.05) is 26.3 Å². The minimum Gasteiger partial charge on any atom is -0.381 e. The Bertz CT molecular complexity index is 476. The Morgan fingerprint density at radius 1 is 1.48 bits per heavy atom. The number of anilines is 2. The van der Waals surface area contributed by atoms with Crippen molar-refractivity contribution in [2.24, 2.45) is 11.8 Å². The van der Waals surface area contributed by atoms with Gasteiger partial charge in [-0.1, -0.05) is 0 Å². The Morgan fingerprint density at radius 3 is 2.81 bits per heavy atom. The fraction of sp³-hybridized carbons (Fsp3) is 0.667. The molecule has 0 spiro atoms. The second-order valence-corrected chi connectivity index (χ2v) is 5.04. The van der Waals surface area contributed by atoms with E-state index in [-0.39, 0.29) is 17.6 Å². The molecule has 118 valence electrons. The minimum absolute atomic E-state index is 0.0703. The maximum absolute atomic E-state index is 12.8. The maximum atomic E-state index is 12.8. The molecular weight excluding hydrogens is 287 g/mol. The molecule has 2 rings (SSSR count). The average molecular weight is 305 g/mol. The van der Waals surface area contributed by atoms with Gasteiger partial charge in [-0.2, -0.15) is 13.2 Å². The lowest BCUT2D eigenvalue weighted by atomic mass is 10.0. The predicted octanol–water partition coefficient (Wildman–Crippen LogP) is 1.64. The van der Waals surface area contributed by atoms with Gasteiger partial charge in [-0.25, -0.2) is 15.8 Å². The van der Waals surface area contributed by atoms with E-state index in [1.807, 2.05) is 0 Å². The van der Waals surface area contributed by atoms with E-state index in [1.165, 1.54) is 6.07 Å². The predicted molar refractivity (Wildman–Crippen MR) is 71.7 cm³/mol. The summed E-state index contributed by atoms with van der Waals surface area (Å²) in [5.41, 5.74) is 2.14. The Labute approximate surface area is 120 Å². The molecule has 0 aliphatic carbocycles. The highest BCUT2D eigenvalue weighted by Gasteiger charge is 2.35. The van der Waals surface area contributed by atoms with Crippen LogP contribution in [0.2, 0.25) is 0 Å². The van der Waals surface area contributed by atoms with Crippen LogP contribution in [0.5, 0.6) is 0 Å². The summed E-state index contributed by atoms with van der Waals surface area (Å²) in [5, 5.41) is 0. The van der Waals surface area contributed by atoms with Crippen molar-refractivity contribution in [1.29, 1.82) is 0 Å². The molecule has 1 fully saturated rings. The molecule has 1 aromatic rings. The highest BCUT2D eigenvalue weighted by Crippen LogP contribution is 2.29. The summed E-state index contributed by atoms with van der Waals surface area (Å²) in [5.74, 6) is 4.35. The number of hydrogen-bond donors (Lipinski definition) is 2. The molecule has 0 bridgehead atoms. The van der Waals surface area contributed by atoms with Crippen molar-refractivity contribution in [3.8, 4) is 0 Å². The number of hydrazine groups is 1. The fourth-order valence-corrected chi connectivity index (χ4v) is 2.26. The van der Waals surface area contributed by atoms with Gasteiger partial charge in [-0.05, 0) is 18.8 Å². The van der Waals surface area contributed by atoms with Gasteiger partial charge in [0.1, 0.15) is 11.6 Å². The standard InChI is InChI=1S/C12H18F3N5O/c1-20(6-8-3-2-4-21-7-8)10-5-9(19-16)17-11(18-10)12(13,14)15/h5,8H,2-4,6-7,16H2,1H3,(H,17,18,19). The number of rotatable bonds is 4. The van der Waals surface area contributed by atoms with Gasteiger partial charge in [0.2, 0.25) is 5.82 Å². The Hall–Kier alpha value is -1.61. The molecule has 1 unspecified atom stereocenters. The quantitative estimate of drug-likeness (QED) is 0.650. The van der Waals surface area contributed by atoms with Gasteiger partial charge in [0.25, 0.3) is 0 Å². The van der Waals surface area contributed by atoms with Gasteiger partial charge in [0.15, 0.2) is 0 Å². The van der Waals surface area contributed by atoms with Crippen LogP contribution in [0, 0.1) is 5.92 Å².